The normalized spacial score (nSPS) is 18.4. The van der Waals surface area contributed by atoms with Gasteiger partial charge in [0.05, 0.1) is 22.5 Å². The largest absolute Gasteiger partial charge is 0.481 e. The van der Waals surface area contributed by atoms with Crippen molar-refractivity contribution in [2.45, 2.75) is 46.1 Å². The Kier molecular flexibility index (Phi) is 6.29. The van der Waals surface area contributed by atoms with E-state index in [1.165, 1.54) is 0 Å². The van der Waals surface area contributed by atoms with Crippen LogP contribution in [-0.2, 0) is 17.8 Å². The molecule has 2 heterocycles. The number of carboxylic acids is 1. The molecule has 1 unspecified atom stereocenters. The van der Waals surface area contributed by atoms with Crippen LogP contribution in [0.3, 0.4) is 0 Å². The number of nitrogens with one attached hydrogen (secondary N) is 1. The molecule has 0 saturated carbocycles. The van der Waals surface area contributed by atoms with Gasteiger partial charge in [0.1, 0.15) is 5.82 Å². The summed E-state index contributed by atoms with van der Waals surface area (Å²) in [6, 6.07) is 5.65. The van der Waals surface area contributed by atoms with Gasteiger partial charge in [-0.15, -0.1) is 0 Å². The summed E-state index contributed by atoms with van der Waals surface area (Å²) < 4.78 is 2.14. The van der Waals surface area contributed by atoms with Crippen LogP contribution in [0.25, 0.3) is 11.0 Å². The number of allylic oxidation sites excluding steroid dienone is 3. The third kappa shape index (κ3) is 4.01. The maximum atomic E-state index is 12.2. The second-order valence-corrected chi connectivity index (χ2v) is 6.77. The maximum Gasteiger partial charge on any atom is 0.310 e. The fourth-order valence-electron chi connectivity index (χ4n) is 3.72. The smallest absolute Gasteiger partial charge is 0.310 e. The van der Waals surface area contributed by atoms with Crippen LogP contribution in [0.15, 0.2) is 42.0 Å². The van der Waals surface area contributed by atoms with Crippen LogP contribution in [0.1, 0.15) is 49.3 Å². The van der Waals surface area contributed by atoms with Gasteiger partial charge in [0, 0.05) is 19.5 Å². The number of hydrogen-bond donors (Lipinski definition) is 2. The van der Waals surface area contributed by atoms with Crippen molar-refractivity contribution in [1.82, 2.24) is 14.9 Å². The van der Waals surface area contributed by atoms with Crippen LogP contribution in [0.2, 0.25) is 0 Å². The number of benzene rings is 1. The lowest BCUT2D eigenvalue weighted by Crippen LogP contribution is -2.24. The van der Waals surface area contributed by atoms with Gasteiger partial charge in [-0.05, 0) is 31.4 Å². The Morgan fingerprint density at radius 2 is 2.14 bits per heavy atom. The number of aliphatic carboxylic acids is 1. The molecule has 0 bridgehead atoms. The van der Waals surface area contributed by atoms with Gasteiger partial charge in [0.15, 0.2) is 0 Å². The average molecular weight is 381 g/mol. The van der Waals surface area contributed by atoms with E-state index < -0.39 is 11.9 Å². The molecule has 1 aromatic carbocycles. The fourth-order valence-corrected chi connectivity index (χ4v) is 3.72. The first kappa shape index (κ1) is 19.9. The molecule has 2 aromatic rings. The quantitative estimate of drug-likeness (QED) is 0.845. The van der Waals surface area contributed by atoms with Crippen molar-refractivity contribution in [1.29, 1.82) is 0 Å². The monoisotopic (exact) mass is 381 g/mol. The van der Waals surface area contributed by atoms with E-state index in [9.17, 15) is 9.59 Å². The second-order valence-electron chi connectivity index (χ2n) is 6.77. The van der Waals surface area contributed by atoms with Crippen molar-refractivity contribution in [3.05, 3.63) is 53.4 Å². The first-order chi connectivity index (χ1) is 13.6. The zero-order valence-corrected chi connectivity index (χ0v) is 16.4. The second kappa shape index (κ2) is 8.87. The number of nitrogens with zero attached hydrogens (tertiary/aromatic N) is 2. The summed E-state index contributed by atoms with van der Waals surface area (Å²) in [6.07, 6.45) is 8.84. The Morgan fingerprint density at radius 1 is 1.32 bits per heavy atom. The lowest BCUT2D eigenvalue weighted by molar-refractivity contribution is -0.140. The molecule has 148 valence electrons. The topological polar surface area (TPSA) is 84.2 Å². The van der Waals surface area contributed by atoms with E-state index in [1.807, 2.05) is 38.1 Å². The molecule has 1 aromatic heterocycles. The number of aromatic nitrogens is 2. The van der Waals surface area contributed by atoms with Crippen LogP contribution in [0.4, 0.5) is 0 Å². The van der Waals surface area contributed by atoms with Crippen LogP contribution in [0, 0.1) is 5.92 Å². The van der Waals surface area contributed by atoms with Crippen molar-refractivity contribution in [2.24, 2.45) is 5.92 Å². The van der Waals surface area contributed by atoms with E-state index in [0.717, 1.165) is 41.7 Å². The number of hydrogen-bond acceptors (Lipinski definition) is 3. The molecule has 6 nitrogen and oxygen atoms in total. The number of para-hydroxylation sites is 1. The van der Waals surface area contributed by atoms with Crippen LogP contribution in [-0.4, -0.2) is 33.1 Å². The molecule has 2 aliphatic rings. The summed E-state index contributed by atoms with van der Waals surface area (Å²) in [7, 11) is 0. The predicted octanol–water partition coefficient (Wildman–Crippen LogP) is 3.72. The molecule has 0 saturated heterocycles. The Labute approximate surface area is 165 Å². The highest BCUT2D eigenvalue weighted by atomic mass is 16.4. The van der Waals surface area contributed by atoms with E-state index in [4.69, 9.17) is 10.1 Å². The van der Waals surface area contributed by atoms with E-state index in [2.05, 4.69) is 16.0 Å². The number of carbonyl (C=O) groups is 2. The molecular formula is C22H27N3O3. The van der Waals surface area contributed by atoms with Crippen molar-refractivity contribution in [3.8, 4) is 0 Å². The SMILES string of the molecule is CC.O=C1NCCn2c(CCC3=CCCC(C(=O)O)C=C3)nc3cccc1c32. The third-order valence-corrected chi connectivity index (χ3v) is 5.09. The summed E-state index contributed by atoms with van der Waals surface area (Å²) >= 11 is 0. The van der Waals surface area contributed by atoms with Gasteiger partial charge in [0.25, 0.3) is 5.91 Å². The molecule has 1 aliphatic heterocycles. The Balaban J connectivity index is 0.00000109. The molecule has 1 amide bonds. The summed E-state index contributed by atoms with van der Waals surface area (Å²) in [6.45, 7) is 5.30. The molecule has 1 atom stereocenters. The standard InChI is InChI=1S/C20H21N3O3.C2H6/c24-19-15-5-2-6-16-18(15)23(12-11-21-19)17(22-16)10-8-13-3-1-4-14(9-7-13)20(25)26;1-2/h2-3,5-7,9,14H,1,4,8,10-12H2,(H,21,24)(H,25,26);1-2H3. The highest BCUT2D eigenvalue weighted by Crippen LogP contribution is 2.25. The number of aryl methyl sites for hydroxylation is 1. The highest BCUT2D eigenvalue weighted by Gasteiger charge is 2.21. The molecule has 0 radical (unpaired) electrons. The minimum atomic E-state index is -0.763. The van der Waals surface area contributed by atoms with Crippen molar-refractivity contribution in [3.63, 3.8) is 0 Å². The molecule has 2 N–H and O–H groups in total. The predicted molar refractivity (Wildman–Crippen MR) is 109 cm³/mol. The number of amides is 1. The Hall–Kier alpha value is -2.89. The zero-order valence-electron chi connectivity index (χ0n) is 16.4. The lowest BCUT2D eigenvalue weighted by Gasteiger charge is -2.07. The summed E-state index contributed by atoms with van der Waals surface area (Å²) in [4.78, 5) is 28.1. The van der Waals surface area contributed by atoms with E-state index in [1.54, 1.807) is 6.08 Å². The first-order valence-electron chi connectivity index (χ1n) is 10.00. The van der Waals surface area contributed by atoms with Gasteiger partial charge in [0.2, 0.25) is 0 Å². The molecule has 28 heavy (non-hydrogen) atoms. The van der Waals surface area contributed by atoms with Gasteiger partial charge in [-0.3, -0.25) is 9.59 Å². The van der Waals surface area contributed by atoms with Crippen molar-refractivity contribution in [2.75, 3.05) is 6.54 Å². The number of carbonyl (C=O) groups excluding carboxylic acids is 1. The minimum Gasteiger partial charge on any atom is -0.481 e. The Bertz CT molecular complexity index is 940. The summed E-state index contributed by atoms with van der Waals surface area (Å²) in [5.41, 5.74) is 3.59. The molecular weight excluding hydrogens is 354 g/mol. The minimum absolute atomic E-state index is 0.0464. The van der Waals surface area contributed by atoms with Crippen molar-refractivity contribution >= 4 is 22.9 Å². The van der Waals surface area contributed by atoms with E-state index in [0.29, 0.717) is 25.1 Å². The number of rotatable bonds is 4. The van der Waals surface area contributed by atoms with Gasteiger partial charge >= 0.3 is 5.97 Å². The zero-order chi connectivity index (χ0) is 20.1. The van der Waals surface area contributed by atoms with E-state index in [-0.39, 0.29) is 5.91 Å². The van der Waals surface area contributed by atoms with Gasteiger partial charge in [-0.2, -0.15) is 0 Å². The summed E-state index contributed by atoms with van der Waals surface area (Å²) in [5, 5.41) is 12.1. The van der Waals surface area contributed by atoms with Gasteiger partial charge in [-0.1, -0.05) is 43.7 Å². The van der Waals surface area contributed by atoms with Crippen LogP contribution < -0.4 is 5.32 Å². The molecule has 4 rings (SSSR count). The molecule has 0 spiro atoms. The first-order valence-corrected chi connectivity index (χ1v) is 10.00. The Morgan fingerprint density at radius 3 is 2.93 bits per heavy atom. The molecule has 6 heteroatoms. The van der Waals surface area contributed by atoms with Gasteiger partial charge < -0.3 is 15.0 Å². The lowest BCUT2D eigenvalue weighted by atomic mass is 10.1. The average Bonchev–Trinajstić information content (AvgIpc) is 2.84. The molecule has 1 aliphatic carbocycles. The third-order valence-electron chi connectivity index (χ3n) is 5.09. The highest BCUT2D eigenvalue weighted by molar-refractivity contribution is 6.05. The maximum absolute atomic E-state index is 12.2. The number of imidazole rings is 1. The van der Waals surface area contributed by atoms with Gasteiger partial charge in [-0.25, -0.2) is 4.98 Å². The van der Waals surface area contributed by atoms with Crippen LogP contribution in [0.5, 0.6) is 0 Å². The summed E-state index contributed by atoms with van der Waals surface area (Å²) in [5.74, 6) is -0.241. The van der Waals surface area contributed by atoms with Crippen molar-refractivity contribution < 1.29 is 14.7 Å². The van der Waals surface area contributed by atoms with Crippen LogP contribution >= 0.6 is 0 Å². The van der Waals surface area contributed by atoms with E-state index >= 15 is 0 Å². The number of carboxylic acid groups (broad SMARTS) is 1. The molecule has 0 fully saturated rings. The fraction of sp³-hybridized carbons (Fsp3) is 0.409.